The number of fused-ring (bicyclic) bond motifs is 1. The zero-order valence-electron chi connectivity index (χ0n) is 10.4. The molecule has 0 aliphatic heterocycles. The summed E-state index contributed by atoms with van der Waals surface area (Å²) in [6.45, 7) is 2.24. The van der Waals surface area contributed by atoms with Gasteiger partial charge in [-0.1, -0.05) is 49.4 Å². The van der Waals surface area contributed by atoms with Crippen LogP contribution in [0.3, 0.4) is 0 Å². The van der Waals surface area contributed by atoms with Crippen molar-refractivity contribution in [2.45, 2.75) is 32.6 Å². The van der Waals surface area contributed by atoms with E-state index in [0.29, 0.717) is 0 Å². The minimum atomic E-state index is 1.13. The number of aryl methyl sites for hydroxylation is 2. The van der Waals surface area contributed by atoms with E-state index in [1.165, 1.54) is 36.0 Å². The molecule has 0 radical (unpaired) electrons. The van der Waals surface area contributed by atoms with Crippen LogP contribution in [0.25, 0.3) is 11.1 Å². The van der Waals surface area contributed by atoms with Crippen molar-refractivity contribution in [3.8, 4) is 11.1 Å². The van der Waals surface area contributed by atoms with Crippen LogP contribution < -0.4 is 0 Å². The van der Waals surface area contributed by atoms with Gasteiger partial charge in [0.25, 0.3) is 0 Å². The third-order valence-corrected chi connectivity index (χ3v) is 3.77. The molecule has 0 spiro atoms. The highest BCUT2D eigenvalue weighted by Crippen LogP contribution is 2.33. The van der Waals surface area contributed by atoms with Crippen LogP contribution in [0.5, 0.6) is 0 Å². The first-order valence-electron chi connectivity index (χ1n) is 6.58. The van der Waals surface area contributed by atoms with Crippen molar-refractivity contribution >= 4 is 0 Å². The Hall–Kier alpha value is -1.56. The lowest BCUT2D eigenvalue weighted by Crippen LogP contribution is -1.92. The van der Waals surface area contributed by atoms with Crippen LogP contribution >= 0.6 is 0 Å². The molecule has 0 unspecified atom stereocenters. The van der Waals surface area contributed by atoms with Crippen molar-refractivity contribution in [1.82, 2.24) is 0 Å². The molecule has 17 heavy (non-hydrogen) atoms. The van der Waals surface area contributed by atoms with E-state index in [-0.39, 0.29) is 0 Å². The standard InChI is InChI=1S/C17H18/c1-2-13-11-15-9-6-10-16(15)17(12-13)14-7-4-3-5-8-14/h3-5,7-8,11-12H,2,6,9-10H2,1H3. The minimum absolute atomic E-state index is 1.13. The molecule has 0 atom stereocenters. The predicted octanol–water partition coefficient (Wildman–Crippen LogP) is 4.40. The molecule has 0 amide bonds. The van der Waals surface area contributed by atoms with E-state index < -0.39 is 0 Å². The van der Waals surface area contributed by atoms with Gasteiger partial charge in [-0.2, -0.15) is 0 Å². The fourth-order valence-electron chi connectivity index (χ4n) is 2.85. The van der Waals surface area contributed by atoms with Gasteiger partial charge in [0, 0.05) is 0 Å². The molecule has 86 valence electrons. The first-order chi connectivity index (χ1) is 8.38. The van der Waals surface area contributed by atoms with E-state index in [2.05, 4.69) is 49.4 Å². The van der Waals surface area contributed by atoms with E-state index in [1.54, 1.807) is 11.1 Å². The fraction of sp³-hybridized carbons (Fsp3) is 0.294. The van der Waals surface area contributed by atoms with Gasteiger partial charge < -0.3 is 0 Å². The van der Waals surface area contributed by atoms with Crippen LogP contribution in [-0.4, -0.2) is 0 Å². The molecule has 0 saturated heterocycles. The lowest BCUT2D eigenvalue weighted by atomic mass is 9.93. The molecule has 1 aliphatic rings. The van der Waals surface area contributed by atoms with Crippen molar-refractivity contribution in [2.75, 3.05) is 0 Å². The average molecular weight is 222 g/mol. The number of hydrogen-bond donors (Lipinski definition) is 0. The van der Waals surface area contributed by atoms with Crippen molar-refractivity contribution in [2.24, 2.45) is 0 Å². The van der Waals surface area contributed by atoms with E-state index in [1.807, 2.05) is 0 Å². The molecule has 1 aliphatic carbocycles. The van der Waals surface area contributed by atoms with Crippen LogP contribution in [0, 0.1) is 0 Å². The number of hydrogen-bond acceptors (Lipinski definition) is 0. The highest BCUT2D eigenvalue weighted by molar-refractivity contribution is 5.70. The zero-order valence-corrected chi connectivity index (χ0v) is 10.4. The van der Waals surface area contributed by atoms with Gasteiger partial charge in [0.2, 0.25) is 0 Å². The normalized spacial score (nSPS) is 13.7. The van der Waals surface area contributed by atoms with Crippen LogP contribution in [0.2, 0.25) is 0 Å². The third kappa shape index (κ3) is 1.88. The van der Waals surface area contributed by atoms with Gasteiger partial charge in [0.15, 0.2) is 0 Å². The quantitative estimate of drug-likeness (QED) is 0.706. The summed E-state index contributed by atoms with van der Waals surface area (Å²) in [5, 5.41) is 0. The Balaban J connectivity index is 2.19. The maximum absolute atomic E-state index is 2.41. The van der Waals surface area contributed by atoms with Crippen molar-refractivity contribution in [3.05, 3.63) is 59.2 Å². The highest BCUT2D eigenvalue weighted by atomic mass is 14.2. The molecule has 0 nitrogen and oxygen atoms in total. The largest absolute Gasteiger partial charge is 0.0622 e. The highest BCUT2D eigenvalue weighted by Gasteiger charge is 2.16. The van der Waals surface area contributed by atoms with Gasteiger partial charge in [-0.05, 0) is 53.5 Å². The average Bonchev–Trinajstić information content (AvgIpc) is 2.86. The van der Waals surface area contributed by atoms with Crippen LogP contribution in [-0.2, 0) is 19.3 Å². The molecule has 0 heteroatoms. The summed E-state index contributed by atoms with van der Waals surface area (Å²) >= 11 is 0. The fourth-order valence-corrected chi connectivity index (χ4v) is 2.85. The van der Waals surface area contributed by atoms with E-state index in [0.717, 1.165) is 6.42 Å². The number of benzene rings is 2. The minimum Gasteiger partial charge on any atom is -0.0622 e. The Labute approximate surface area is 103 Å². The second-order valence-corrected chi connectivity index (χ2v) is 4.85. The van der Waals surface area contributed by atoms with E-state index >= 15 is 0 Å². The summed E-state index contributed by atoms with van der Waals surface area (Å²) in [6, 6.07) is 15.6. The van der Waals surface area contributed by atoms with Crippen molar-refractivity contribution in [1.29, 1.82) is 0 Å². The Morgan fingerprint density at radius 2 is 1.82 bits per heavy atom. The molecule has 3 rings (SSSR count). The van der Waals surface area contributed by atoms with Gasteiger partial charge in [-0.15, -0.1) is 0 Å². The second kappa shape index (κ2) is 4.37. The van der Waals surface area contributed by atoms with Gasteiger partial charge in [0.05, 0.1) is 0 Å². The Bertz CT molecular complexity index is 523. The van der Waals surface area contributed by atoms with Crippen molar-refractivity contribution in [3.63, 3.8) is 0 Å². The van der Waals surface area contributed by atoms with Crippen LogP contribution in [0.15, 0.2) is 42.5 Å². The van der Waals surface area contributed by atoms with Gasteiger partial charge in [-0.25, -0.2) is 0 Å². The Morgan fingerprint density at radius 3 is 2.59 bits per heavy atom. The van der Waals surface area contributed by atoms with Gasteiger partial charge in [0.1, 0.15) is 0 Å². The molecule has 0 bridgehead atoms. The molecular weight excluding hydrogens is 204 g/mol. The smallest absolute Gasteiger partial charge is 0.0146 e. The molecule has 0 aromatic heterocycles. The predicted molar refractivity (Wildman–Crippen MR) is 73.3 cm³/mol. The lowest BCUT2D eigenvalue weighted by Gasteiger charge is -2.11. The van der Waals surface area contributed by atoms with Gasteiger partial charge >= 0.3 is 0 Å². The molecular formula is C17H18. The summed E-state index contributed by atoms with van der Waals surface area (Å²) in [5.74, 6) is 0. The summed E-state index contributed by atoms with van der Waals surface area (Å²) in [5.41, 5.74) is 7.50. The first-order valence-corrected chi connectivity index (χ1v) is 6.58. The summed E-state index contributed by atoms with van der Waals surface area (Å²) in [4.78, 5) is 0. The maximum atomic E-state index is 2.41. The van der Waals surface area contributed by atoms with Crippen LogP contribution in [0.1, 0.15) is 30.0 Å². The number of rotatable bonds is 2. The topological polar surface area (TPSA) is 0 Å². The third-order valence-electron chi connectivity index (χ3n) is 3.77. The maximum Gasteiger partial charge on any atom is -0.0146 e. The zero-order chi connectivity index (χ0) is 11.7. The van der Waals surface area contributed by atoms with Crippen molar-refractivity contribution < 1.29 is 0 Å². The lowest BCUT2D eigenvalue weighted by molar-refractivity contribution is 0.912. The molecule has 2 aromatic rings. The summed E-state index contributed by atoms with van der Waals surface area (Å²) in [6.07, 6.45) is 4.97. The Morgan fingerprint density at radius 1 is 1.00 bits per heavy atom. The van der Waals surface area contributed by atoms with Crippen LogP contribution in [0.4, 0.5) is 0 Å². The summed E-state index contributed by atoms with van der Waals surface area (Å²) < 4.78 is 0. The molecule has 0 heterocycles. The molecule has 0 saturated carbocycles. The van der Waals surface area contributed by atoms with Gasteiger partial charge in [-0.3, -0.25) is 0 Å². The van der Waals surface area contributed by atoms with E-state index in [9.17, 15) is 0 Å². The van der Waals surface area contributed by atoms with E-state index in [4.69, 9.17) is 0 Å². The SMILES string of the molecule is CCc1cc2c(c(-c3ccccc3)c1)CCC2. The molecule has 0 N–H and O–H groups in total. The first kappa shape index (κ1) is 10.6. The second-order valence-electron chi connectivity index (χ2n) is 4.85. The Kier molecular flexibility index (Phi) is 2.72. The molecule has 0 fully saturated rings. The molecule has 2 aromatic carbocycles. The monoisotopic (exact) mass is 222 g/mol. The summed E-state index contributed by atoms with van der Waals surface area (Å²) in [7, 11) is 0.